The third-order valence-corrected chi connectivity index (χ3v) is 7.04. The lowest BCUT2D eigenvalue weighted by atomic mass is 10.1. The van der Waals surface area contributed by atoms with E-state index in [-0.39, 0.29) is 5.91 Å². The molecule has 0 spiro atoms. The molecule has 8 heteroatoms. The molecule has 1 atom stereocenters. The molecule has 4 aromatic heterocycles. The van der Waals surface area contributed by atoms with E-state index in [4.69, 9.17) is 4.98 Å². The third-order valence-electron chi connectivity index (χ3n) is 6.15. The molecule has 5 heterocycles. The van der Waals surface area contributed by atoms with Gasteiger partial charge in [-0.3, -0.25) is 9.78 Å². The lowest BCUT2D eigenvalue weighted by molar-refractivity contribution is 0.0963. The van der Waals surface area contributed by atoms with Crippen molar-refractivity contribution < 1.29 is 4.79 Å². The van der Waals surface area contributed by atoms with Crippen molar-refractivity contribution in [3.05, 3.63) is 59.9 Å². The van der Waals surface area contributed by atoms with Crippen molar-refractivity contribution in [2.45, 2.75) is 52.0 Å². The maximum Gasteiger partial charge on any atom is 0.251 e. The predicted octanol–water partition coefficient (Wildman–Crippen LogP) is 5.44. The molecule has 1 unspecified atom stereocenters. The molecule has 4 aromatic rings. The van der Waals surface area contributed by atoms with E-state index in [2.05, 4.69) is 20.7 Å². The number of carbonyl (C=O) groups excluding carboxylic acids is 1. The second-order valence-corrected chi connectivity index (χ2v) is 9.55. The Labute approximate surface area is 211 Å². The van der Waals surface area contributed by atoms with E-state index in [1.807, 2.05) is 43.6 Å². The van der Waals surface area contributed by atoms with Crippen LogP contribution >= 0.6 is 11.3 Å². The Morgan fingerprint density at radius 3 is 2.74 bits per heavy atom. The second kappa shape index (κ2) is 12.0. The van der Waals surface area contributed by atoms with Gasteiger partial charge in [-0.15, -0.1) is 11.3 Å². The molecule has 2 aliphatic rings. The van der Waals surface area contributed by atoms with E-state index in [1.165, 1.54) is 38.6 Å². The summed E-state index contributed by atoms with van der Waals surface area (Å²) in [6, 6.07) is 10.3. The van der Waals surface area contributed by atoms with E-state index in [0.717, 1.165) is 28.1 Å². The lowest BCUT2D eigenvalue weighted by Gasteiger charge is -2.06. The predicted molar refractivity (Wildman–Crippen MR) is 143 cm³/mol. The Morgan fingerprint density at radius 1 is 1.20 bits per heavy atom. The van der Waals surface area contributed by atoms with Crippen molar-refractivity contribution in [3.8, 4) is 21.8 Å². The number of aromatic nitrogens is 4. The molecular formula is C27H34N6OS. The molecule has 0 aromatic carbocycles. The fourth-order valence-corrected chi connectivity index (χ4v) is 4.88. The average Bonchev–Trinajstić information content (AvgIpc) is 3.32. The van der Waals surface area contributed by atoms with E-state index in [0.29, 0.717) is 16.9 Å². The number of rotatable bonds is 5. The van der Waals surface area contributed by atoms with Crippen LogP contribution in [0.3, 0.4) is 0 Å². The highest BCUT2D eigenvalue weighted by Gasteiger charge is 2.26. The summed E-state index contributed by atoms with van der Waals surface area (Å²) in [6.45, 7) is 5.28. The van der Waals surface area contributed by atoms with Crippen LogP contribution in [0.5, 0.6) is 0 Å². The van der Waals surface area contributed by atoms with Crippen LogP contribution in [0.1, 0.15) is 56.3 Å². The van der Waals surface area contributed by atoms with Gasteiger partial charge in [0.05, 0.1) is 28.0 Å². The molecule has 184 valence electrons. The summed E-state index contributed by atoms with van der Waals surface area (Å²) in [4.78, 5) is 22.0. The largest absolute Gasteiger partial charge is 0.355 e. The summed E-state index contributed by atoms with van der Waals surface area (Å²) in [5, 5.41) is 12.5. The molecule has 35 heavy (non-hydrogen) atoms. The third kappa shape index (κ3) is 6.32. The van der Waals surface area contributed by atoms with Crippen LogP contribution < -0.4 is 10.6 Å². The maximum absolute atomic E-state index is 11.8. The van der Waals surface area contributed by atoms with Crippen molar-refractivity contribution in [2.24, 2.45) is 5.92 Å². The first-order chi connectivity index (χ1) is 17.2. The average molecular weight is 491 g/mol. The quantitative estimate of drug-likeness (QED) is 0.389. The van der Waals surface area contributed by atoms with Gasteiger partial charge in [-0.25, -0.2) is 9.50 Å². The summed E-state index contributed by atoms with van der Waals surface area (Å²) >= 11 is 1.64. The maximum atomic E-state index is 11.8. The normalized spacial score (nSPS) is 16.7. The molecule has 0 radical (unpaired) electrons. The molecule has 2 N–H and O–H groups in total. The highest BCUT2D eigenvalue weighted by Crippen LogP contribution is 2.35. The summed E-state index contributed by atoms with van der Waals surface area (Å²) in [6.07, 6.45) is 12.6. The number of nitrogens with one attached hydrogen (secondary N) is 2. The molecule has 1 aliphatic carbocycles. The Balaban J connectivity index is 0.000000218. The van der Waals surface area contributed by atoms with Crippen molar-refractivity contribution in [1.29, 1.82) is 0 Å². The number of hydrogen-bond acceptors (Lipinski definition) is 6. The Kier molecular flexibility index (Phi) is 8.60. The summed E-state index contributed by atoms with van der Waals surface area (Å²) < 4.78 is 1.71. The number of fused-ring (bicyclic) bond motifs is 1. The smallest absolute Gasteiger partial charge is 0.251 e. The van der Waals surface area contributed by atoms with Gasteiger partial charge in [0.2, 0.25) is 0 Å². The number of amides is 1. The van der Waals surface area contributed by atoms with Crippen LogP contribution in [0.4, 0.5) is 0 Å². The summed E-state index contributed by atoms with van der Waals surface area (Å²) in [5.74, 6) is 0.961. The Bertz CT molecular complexity index is 1230. The number of pyridine rings is 1. The van der Waals surface area contributed by atoms with Gasteiger partial charge in [0, 0.05) is 31.0 Å². The van der Waals surface area contributed by atoms with Gasteiger partial charge in [0.25, 0.3) is 5.91 Å². The van der Waals surface area contributed by atoms with Gasteiger partial charge < -0.3 is 10.6 Å². The van der Waals surface area contributed by atoms with Crippen LogP contribution in [-0.2, 0) is 0 Å². The van der Waals surface area contributed by atoms with E-state index in [9.17, 15) is 4.79 Å². The van der Waals surface area contributed by atoms with Crippen molar-refractivity contribution >= 4 is 22.9 Å². The zero-order valence-corrected chi connectivity index (χ0v) is 21.5. The molecular weight excluding hydrogens is 456 g/mol. The zero-order valence-electron chi connectivity index (χ0n) is 20.7. The molecule has 0 bridgehead atoms. The fourth-order valence-electron chi connectivity index (χ4n) is 4.19. The highest BCUT2D eigenvalue weighted by molar-refractivity contribution is 7.13. The zero-order chi connectivity index (χ0) is 24.6. The van der Waals surface area contributed by atoms with E-state index < -0.39 is 0 Å². The molecule has 2 fully saturated rings. The fraction of sp³-hybridized carbons (Fsp3) is 0.407. The topological polar surface area (TPSA) is 84.2 Å². The SMILES string of the molecule is C1CNC(CC2CC2)C1.CC.CNC(=O)c1ccnc(-c2cnn3ccc(-c4cccs4)nc23)c1. The standard InChI is InChI=1S/C17H13N5OS.C8H15N.C2H6/c1-18-17(23)11-4-6-19-14(9-11)12-10-20-22-7-5-13(21-16(12)22)15-3-2-8-24-15;1-2-8(9-5-1)6-7-3-4-7;1-2/h2-10H,1H3,(H,18,23);7-9H,1-6H2;1-2H3. The van der Waals surface area contributed by atoms with Gasteiger partial charge in [-0.2, -0.15) is 5.10 Å². The summed E-state index contributed by atoms with van der Waals surface area (Å²) in [5.41, 5.74) is 3.61. The Morgan fingerprint density at radius 2 is 2.06 bits per heavy atom. The molecule has 1 aliphatic heterocycles. The monoisotopic (exact) mass is 490 g/mol. The molecule has 1 saturated carbocycles. The van der Waals surface area contributed by atoms with Crippen LogP contribution in [0.25, 0.3) is 27.5 Å². The van der Waals surface area contributed by atoms with Crippen LogP contribution in [0.15, 0.2) is 54.3 Å². The molecule has 1 saturated heterocycles. The first-order valence-electron chi connectivity index (χ1n) is 12.5. The van der Waals surface area contributed by atoms with E-state index >= 15 is 0 Å². The van der Waals surface area contributed by atoms with Crippen molar-refractivity contribution in [2.75, 3.05) is 13.6 Å². The molecule has 6 rings (SSSR count). The number of thiophene rings is 1. The van der Waals surface area contributed by atoms with Gasteiger partial charge in [0.15, 0.2) is 5.65 Å². The minimum Gasteiger partial charge on any atom is -0.355 e. The second-order valence-electron chi connectivity index (χ2n) is 8.60. The Hall–Kier alpha value is -3.10. The van der Waals surface area contributed by atoms with E-state index in [1.54, 1.807) is 47.4 Å². The summed E-state index contributed by atoms with van der Waals surface area (Å²) in [7, 11) is 1.60. The van der Waals surface area contributed by atoms with Gasteiger partial charge >= 0.3 is 0 Å². The van der Waals surface area contributed by atoms with Crippen LogP contribution in [0.2, 0.25) is 0 Å². The van der Waals surface area contributed by atoms with Crippen LogP contribution in [-0.4, -0.2) is 45.1 Å². The first-order valence-corrected chi connectivity index (χ1v) is 13.4. The molecule has 7 nitrogen and oxygen atoms in total. The van der Waals surface area contributed by atoms with Gasteiger partial charge in [-0.1, -0.05) is 32.8 Å². The minimum absolute atomic E-state index is 0.151. The molecule has 1 amide bonds. The van der Waals surface area contributed by atoms with Gasteiger partial charge in [0.1, 0.15) is 0 Å². The minimum atomic E-state index is -0.151. The van der Waals surface area contributed by atoms with Crippen LogP contribution in [0, 0.1) is 5.92 Å². The lowest BCUT2D eigenvalue weighted by Crippen LogP contribution is -2.21. The first kappa shape index (κ1) is 25.0. The number of hydrogen-bond donors (Lipinski definition) is 2. The van der Waals surface area contributed by atoms with Crippen molar-refractivity contribution in [1.82, 2.24) is 30.2 Å². The highest BCUT2D eigenvalue weighted by atomic mass is 32.1. The number of nitrogens with zero attached hydrogens (tertiary/aromatic N) is 4. The number of carbonyl (C=O) groups is 1. The van der Waals surface area contributed by atoms with Gasteiger partial charge in [-0.05, 0) is 61.4 Å². The van der Waals surface area contributed by atoms with Crippen molar-refractivity contribution in [3.63, 3.8) is 0 Å².